The van der Waals surface area contributed by atoms with Crippen LogP contribution in [0.4, 0.5) is 0 Å². The number of benzene rings is 1. The summed E-state index contributed by atoms with van der Waals surface area (Å²) in [4.78, 5) is 28.7. The zero-order chi connectivity index (χ0) is 14.7. The number of nitrogens with zero attached hydrogens (tertiary/aromatic N) is 2. The van der Waals surface area contributed by atoms with Crippen molar-refractivity contribution in [2.75, 3.05) is 14.1 Å². The molecule has 0 aliphatic rings. The molecule has 1 N–H and O–H groups in total. The number of aromatic carboxylic acids is 1. The maximum absolute atomic E-state index is 11.9. The minimum atomic E-state index is -1.04. The van der Waals surface area contributed by atoms with Crippen LogP contribution in [-0.4, -0.2) is 41.0 Å². The van der Waals surface area contributed by atoms with Gasteiger partial charge in [-0.25, -0.2) is 4.79 Å². The second kappa shape index (κ2) is 5.52. The Labute approximate surface area is 116 Å². The first-order chi connectivity index (χ1) is 9.50. The number of carbonyl (C=O) groups excluding carboxylic acids is 1. The molecule has 2 aromatic rings. The number of rotatable bonds is 3. The molecular formula is C15H14N2O3. The van der Waals surface area contributed by atoms with E-state index in [0.717, 1.165) is 0 Å². The van der Waals surface area contributed by atoms with Crippen LogP contribution in [0.2, 0.25) is 0 Å². The molecule has 0 bridgehead atoms. The van der Waals surface area contributed by atoms with Gasteiger partial charge in [-0.3, -0.25) is 9.78 Å². The van der Waals surface area contributed by atoms with E-state index in [2.05, 4.69) is 4.98 Å². The van der Waals surface area contributed by atoms with Crippen molar-refractivity contribution < 1.29 is 14.7 Å². The summed E-state index contributed by atoms with van der Waals surface area (Å²) in [7, 11) is 3.33. The average Bonchev–Trinajstić information content (AvgIpc) is 2.46. The van der Waals surface area contributed by atoms with Crippen LogP contribution in [0.5, 0.6) is 0 Å². The third-order valence-electron chi connectivity index (χ3n) is 2.83. The molecule has 0 unspecified atom stereocenters. The quantitative estimate of drug-likeness (QED) is 0.927. The number of aromatic nitrogens is 1. The number of carboxylic acids is 1. The van der Waals surface area contributed by atoms with Crippen molar-refractivity contribution in [2.24, 2.45) is 0 Å². The minimum Gasteiger partial charge on any atom is -0.478 e. The molecule has 0 aliphatic heterocycles. The van der Waals surface area contributed by atoms with E-state index in [4.69, 9.17) is 0 Å². The van der Waals surface area contributed by atoms with Crippen molar-refractivity contribution >= 4 is 11.9 Å². The topological polar surface area (TPSA) is 70.5 Å². The Hall–Kier alpha value is -2.69. The van der Waals surface area contributed by atoms with Crippen LogP contribution in [0, 0.1) is 0 Å². The molecule has 0 saturated heterocycles. The van der Waals surface area contributed by atoms with E-state index in [0.29, 0.717) is 16.8 Å². The number of hydrogen-bond donors (Lipinski definition) is 1. The summed E-state index contributed by atoms with van der Waals surface area (Å²) in [6.45, 7) is 0. The van der Waals surface area contributed by atoms with Gasteiger partial charge in [0.1, 0.15) is 0 Å². The number of hydrogen-bond acceptors (Lipinski definition) is 3. The Bertz CT molecular complexity index is 666. The third-order valence-corrected chi connectivity index (χ3v) is 2.83. The lowest BCUT2D eigenvalue weighted by atomic mass is 10.0. The molecular weight excluding hydrogens is 256 g/mol. The predicted octanol–water partition coefficient (Wildman–Crippen LogP) is 2.15. The molecule has 5 heteroatoms. The van der Waals surface area contributed by atoms with Gasteiger partial charge in [-0.1, -0.05) is 12.1 Å². The highest BCUT2D eigenvalue weighted by atomic mass is 16.4. The highest BCUT2D eigenvalue weighted by Crippen LogP contribution is 2.22. The highest BCUT2D eigenvalue weighted by Gasteiger charge is 2.14. The van der Waals surface area contributed by atoms with Crippen molar-refractivity contribution in [1.29, 1.82) is 0 Å². The van der Waals surface area contributed by atoms with Gasteiger partial charge in [0.25, 0.3) is 5.91 Å². The van der Waals surface area contributed by atoms with Crippen LogP contribution in [0.15, 0.2) is 42.6 Å². The SMILES string of the molecule is CN(C)C(=O)c1cccc(-c2ncccc2C(=O)O)c1. The zero-order valence-electron chi connectivity index (χ0n) is 11.2. The molecule has 1 aromatic heterocycles. The number of carbonyl (C=O) groups is 2. The van der Waals surface area contributed by atoms with E-state index in [-0.39, 0.29) is 11.5 Å². The van der Waals surface area contributed by atoms with Gasteiger partial charge < -0.3 is 10.0 Å². The van der Waals surface area contributed by atoms with Crippen LogP contribution in [0.25, 0.3) is 11.3 Å². The fraction of sp³-hybridized carbons (Fsp3) is 0.133. The fourth-order valence-electron chi connectivity index (χ4n) is 1.87. The smallest absolute Gasteiger partial charge is 0.337 e. The Kier molecular flexibility index (Phi) is 3.79. The van der Waals surface area contributed by atoms with Crippen molar-refractivity contribution in [3.8, 4) is 11.3 Å². The fourth-order valence-corrected chi connectivity index (χ4v) is 1.87. The van der Waals surface area contributed by atoms with E-state index >= 15 is 0 Å². The van der Waals surface area contributed by atoms with E-state index in [1.807, 2.05) is 0 Å². The molecule has 1 amide bonds. The van der Waals surface area contributed by atoms with Crippen molar-refractivity contribution in [1.82, 2.24) is 9.88 Å². The second-order valence-electron chi connectivity index (χ2n) is 4.49. The first kappa shape index (κ1) is 13.7. The molecule has 20 heavy (non-hydrogen) atoms. The van der Waals surface area contributed by atoms with Gasteiger partial charge in [0.05, 0.1) is 11.3 Å². The predicted molar refractivity (Wildman–Crippen MR) is 74.6 cm³/mol. The Morgan fingerprint density at radius 1 is 1.15 bits per heavy atom. The van der Waals surface area contributed by atoms with E-state index in [9.17, 15) is 14.7 Å². The Morgan fingerprint density at radius 3 is 2.55 bits per heavy atom. The Morgan fingerprint density at radius 2 is 1.90 bits per heavy atom. The van der Waals surface area contributed by atoms with E-state index in [1.54, 1.807) is 44.4 Å². The lowest BCUT2D eigenvalue weighted by Gasteiger charge is -2.11. The molecule has 5 nitrogen and oxygen atoms in total. The number of pyridine rings is 1. The maximum Gasteiger partial charge on any atom is 0.337 e. The maximum atomic E-state index is 11.9. The van der Waals surface area contributed by atoms with E-state index in [1.165, 1.54) is 17.2 Å². The first-order valence-corrected chi connectivity index (χ1v) is 6.01. The van der Waals surface area contributed by atoms with Gasteiger partial charge in [0, 0.05) is 31.4 Å². The number of carboxylic acid groups (broad SMARTS) is 1. The third kappa shape index (κ3) is 2.66. The molecule has 0 atom stereocenters. The zero-order valence-corrected chi connectivity index (χ0v) is 11.2. The molecule has 0 fully saturated rings. The van der Waals surface area contributed by atoms with Gasteiger partial charge in [0.2, 0.25) is 0 Å². The molecule has 1 aromatic carbocycles. The molecule has 102 valence electrons. The van der Waals surface area contributed by atoms with Crippen LogP contribution in [-0.2, 0) is 0 Å². The molecule has 1 heterocycles. The summed E-state index contributed by atoms with van der Waals surface area (Å²) in [5.74, 6) is -1.18. The van der Waals surface area contributed by atoms with Crippen molar-refractivity contribution in [3.05, 3.63) is 53.7 Å². The van der Waals surface area contributed by atoms with Gasteiger partial charge in [0.15, 0.2) is 0 Å². The molecule has 0 spiro atoms. The van der Waals surface area contributed by atoms with Gasteiger partial charge in [-0.2, -0.15) is 0 Å². The average molecular weight is 270 g/mol. The van der Waals surface area contributed by atoms with Gasteiger partial charge >= 0.3 is 5.97 Å². The van der Waals surface area contributed by atoms with Crippen molar-refractivity contribution in [2.45, 2.75) is 0 Å². The summed E-state index contributed by atoms with van der Waals surface area (Å²) in [5, 5.41) is 9.18. The first-order valence-electron chi connectivity index (χ1n) is 6.01. The summed E-state index contributed by atoms with van der Waals surface area (Å²) in [5.41, 5.74) is 1.57. The number of amides is 1. The largest absolute Gasteiger partial charge is 0.478 e. The standard InChI is InChI=1S/C15H14N2O3/c1-17(2)14(18)11-6-3-5-10(9-11)13-12(15(19)20)7-4-8-16-13/h3-9H,1-2H3,(H,19,20). The lowest BCUT2D eigenvalue weighted by molar-refractivity contribution is 0.0697. The molecule has 0 aliphatic carbocycles. The summed E-state index contributed by atoms with van der Waals surface area (Å²) >= 11 is 0. The second-order valence-corrected chi connectivity index (χ2v) is 4.49. The van der Waals surface area contributed by atoms with Crippen LogP contribution >= 0.6 is 0 Å². The van der Waals surface area contributed by atoms with Gasteiger partial charge in [-0.05, 0) is 24.3 Å². The molecule has 0 radical (unpaired) electrons. The highest BCUT2D eigenvalue weighted by molar-refractivity contribution is 5.97. The Balaban J connectivity index is 2.52. The minimum absolute atomic E-state index is 0.113. The summed E-state index contributed by atoms with van der Waals surface area (Å²) in [6, 6.07) is 9.85. The van der Waals surface area contributed by atoms with Crippen molar-refractivity contribution in [3.63, 3.8) is 0 Å². The molecule has 0 saturated carbocycles. The normalized spacial score (nSPS) is 10.1. The monoisotopic (exact) mass is 270 g/mol. The summed E-state index contributed by atoms with van der Waals surface area (Å²) < 4.78 is 0. The van der Waals surface area contributed by atoms with Crippen LogP contribution in [0.1, 0.15) is 20.7 Å². The van der Waals surface area contributed by atoms with Crippen LogP contribution in [0.3, 0.4) is 0 Å². The molecule has 2 rings (SSSR count). The lowest BCUT2D eigenvalue weighted by Crippen LogP contribution is -2.21. The van der Waals surface area contributed by atoms with Crippen LogP contribution < -0.4 is 0 Å². The summed E-state index contributed by atoms with van der Waals surface area (Å²) in [6.07, 6.45) is 1.53. The van der Waals surface area contributed by atoms with Gasteiger partial charge in [-0.15, -0.1) is 0 Å². The van der Waals surface area contributed by atoms with E-state index < -0.39 is 5.97 Å².